The number of carbonyl (C=O) groups is 1. The lowest BCUT2D eigenvalue weighted by Gasteiger charge is -2.46. The number of rotatable bonds is 4. The largest absolute Gasteiger partial charge is 0.444 e. The summed E-state index contributed by atoms with van der Waals surface area (Å²) in [4.78, 5) is 13.7. The summed E-state index contributed by atoms with van der Waals surface area (Å²) in [6.07, 6.45) is -0.868. The summed E-state index contributed by atoms with van der Waals surface area (Å²) in [6.45, 7) is 6.06. The molecule has 25 heavy (non-hydrogen) atoms. The maximum atomic E-state index is 12.1. The molecule has 0 bridgehead atoms. The average Bonchev–Trinajstić information content (AvgIpc) is 2.48. The number of nitriles is 1. The maximum absolute atomic E-state index is 12.1. The van der Waals surface area contributed by atoms with E-state index in [-0.39, 0.29) is 0 Å². The van der Waals surface area contributed by atoms with E-state index >= 15 is 0 Å². The van der Waals surface area contributed by atoms with E-state index < -0.39 is 23.4 Å². The van der Waals surface area contributed by atoms with Crippen LogP contribution in [0, 0.1) is 11.3 Å². The number of hydrogen-bond acceptors (Lipinski definition) is 5. The van der Waals surface area contributed by atoms with Gasteiger partial charge in [-0.05, 0) is 32.4 Å². The van der Waals surface area contributed by atoms with Crippen molar-refractivity contribution >= 4 is 22.0 Å². The molecule has 0 aromatic heterocycles. The van der Waals surface area contributed by atoms with Crippen molar-refractivity contribution < 1.29 is 19.0 Å². The van der Waals surface area contributed by atoms with Gasteiger partial charge in [0.15, 0.2) is 6.29 Å². The summed E-state index contributed by atoms with van der Waals surface area (Å²) in [7, 11) is 3.13. The van der Waals surface area contributed by atoms with E-state index in [0.29, 0.717) is 13.1 Å². The highest BCUT2D eigenvalue weighted by Gasteiger charge is 2.49. The molecule has 0 radical (unpaired) electrons. The van der Waals surface area contributed by atoms with Crippen LogP contribution in [0.3, 0.4) is 0 Å². The van der Waals surface area contributed by atoms with Gasteiger partial charge in [-0.15, -0.1) is 0 Å². The number of methoxy groups -OCH3 is 2. The van der Waals surface area contributed by atoms with E-state index in [0.717, 1.165) is 15.6 Å². The summed E-state index contributed by atoms with van der Waals surface area (Å²) >= 11 is 3.53. The number of benzene rings is 1. The molecular formula is C18H23BrN2O4. The van der Waals surface area contributed by atoms with Crippen LogP contribution in [0.15, 0.2) is 22.7 Å². The molecule has 1 aromatic rings. The predicted octanol–water partition coefficient (Wildman–Crippen LogP) is 3.75. The minimum Gasteiger partial charge on any atom is -0.444 e. The molecule has 0 saturated carbocycles. The smallest absolute Gasteiger partial charge is 0.410 e. The molecule has 6 nitrogen and oxygen atoms in total. The van der Waals surface area contributed by atoms with Crippen molar-refractivity contribution in [1.82, 2.24) is 4.90 Å². The fourth-order valence-electron chi connectivity index (χ4n) is 2.80. The van der Waals surface area contributed by atoms with Gasteiger partial charge in [0, 0.05) is 37.3 Å². The van der Waals surface area contributed by atoms with Gasteiger partial charge in [0.2, 0.25) is 0 Å². The van der Waals surface area contributed by atoms with Gasteiger partial charge < -0.3 is 19.1 Å². The lowest BCUT2D eigenvalue weighted by atomic mass is 9.75. The normalized spacial score (nSPS) is 16.3. The minimum atomic E-state index is -0.746. The number of carbonyl (C=O) groups excluding carboxylic acids is 1. The predicted molar refractivity (Wildman–Crippen MR) is 96.0 cm³/mol. The summed E-state index contributed by atoms with van der Waals surface area (Å²) in [5.74, 6) is 0. The van der Waals surface area contributed by atoms with Gasteiger partial charge in [0.1, 0.15) is 11.0 Å². The highest BCUT2D eigenvalue weighted by molar-refractivity contribution is 9.10. The number of halogens is 1. The Morgan fingerprint density at radius 1 is 1.32 bits per heavy atom. The first-order valence-corrected chi connectivity index (χ1v) is 8.70. The SMILES string of the molecule is COC(OC)c1ccc(C2(C#N)CN(C(=O)OC(C)(C)C)C2)c(Br)c1. The zero-order valence-electron chi connectivity index (χ0n) is 15.1. The number of nitrogens with zero attached hydrogens (tertiary/aromatic N) is 2. The van der Waals surface area contributed by atoms with Crippen molar-refractivity contribution in [3.8, 4) is 6.07 Å². The second kappa shape index (κ2) is 7.32. The first-order valence-electron chi connectivity index (χ1n) is 7.90. The Morgan fingerprint density at radius 3 is 2.36 bits per heavy atom. The van der Waals surface area contributed by atoms with Gasteiger partial charge in [0.05, 0.1) is 6.07 Å². The van der Waals surface area contributed by atoms with Crippen molar-refractivity contribution in [3.05, 3.63) is 33.8 Å². The molecule has 1 fully saturated rings. The molecule has 0 unspecified atom stereocenters. The van der Waals surface area contributed by atoms with Crippen LogP contribution in [0.5, 0.6) is 0 Å². The second-order valence-corrected chi connectivity index (χ2v) is 7.93. The zero-order chi connectivity index (χ0) is 18.8. The molecule has 1 amide bonds. The lowest BCUT2D eigenvalue weighted by Crippen LogP contribution is -2.61. The molecular weight excluding hydrogens is 388 g/mol. The van der Waals surface area contributed by atoms with Gasteiger partial charge in [-0.3, -0.25) is 0 Å². The van der Waals surface area contributed by atoms with Crippen molar-refractivity contribution in [1.29, 1.82) is 5.26 Å². The number of ether oxygens (including phenoxy) is 3. The molecule has 1 aromatic carbocycles. The maximum Gasteiger partial charge on any atom is 0.410 e. The summed E-state index contributed by atoms with van der Waals surface area (Å²) in [5, 5.41) is 9.72. The molecule has 0 aliphatic carbocycles. The zero-order valence-corrected chi connectivity index (χ0v) is 16.7. The average molecular weight is 411 g/mol. The third kappa shape index (κ3) is 4.14. The molecule has 1 aliphatic heterocycles. The van der Waals surface area contributed by atoms with Crippen LogP contribution in [-0.4, -0.2) is 43.9 Å². The molecule has 136 valence electrons. The van der Waals surface area contributed by atoms with Crippen molar-refractivity contribution in [2.24, 2.45) is 0 Å². The third-order valence-electron chi connectivity index (χ3n) is 4.00. The highest BCUT2D eigenvalue weighted by atomic mass is 79.9. The quantitative estimate of drug-likeness (QED) is 0.706. The van der Waals surface area contributed by atoms with E-state index in [9.17, 15) is 10.1 Å². The van der Waals surface area contributed by atoms with E-state index in [2.05, 4.69) is 22.0 Å². The van der Waals surface area contributed by atoms with E-state index in [1.807, 2.05) is 39.0 Å². The molecule has 2 rings (SSSR count). The highest BCUT2D eigenvalue weighted by Crippen LogP contribution is 2.39. The van der Waals surface area contributed by atoms with Crippen molar-refractivity contribution in [3.63, 3.8) is 0 Å². The minimum absolute atomic E-state index is 0.300. The Morgan fingerprint density at radius 2 is 1.92 bits per heavy atom. The Bertz CT molecular complexity index is 683. The van der Waals surface area contributed by atoms with Crippen LogP contribution in [0.1, 0.15) is 38.2 Å². The van der Waals surface area contributed by atoms with Crippen LogP contribution in [-0.2, 0) is 19.6 Å². The number of hydrogen-bond donors (Lipinski definition) is 0. The Hall–Kier alpha value is -1.62. The standard InChI is InChI=1S/C18H23BrN2O4/c1-17(2,3)25-16(22)21-10-18(9-20,11-21)13-7-6-12(8-14(13)19)15(23-4)24-5/h6-8,15H,10-11H2,1-5H3. The van der Waals surface area contributed by atoms with Crippen LogP contribution < -0.4 is 0 Å². The first kappa shape index (κ1) is 19.7. The monoisotopic (exact) mass is 410 g/mol. The molecule has 7 heteroatoms. The second-order valence-electron chi connectivity index (χ2n) is 7.07. The van der Waals surface area contributed by atoms with Crippen molar-refractivity contribution in [2.75, 3.05) is 27.3 Å². The lowest BCUT2D eigenvalue weighted by molar-refractivity contribution is -0.106. The summed E-state index contributed by atoms with van der Waals surface area (Å²) < 4.78 is 16.6. The fraction of sp³-hybridized carbons (Fsp3) is 0.556. The number of likely N-dealkylation sites (tertiary alicyclic amines) is 1. The van der Waals surface area contributed by atoms with Gasteiger partial charge in [-0.1, -0.05) is 28.1 Å². The van der Waals surface area contributed by atoms with Gasteiger partial charge in [0.25, 0.3) is 0 Å². The third-order valence-corrected chi connectivity index (χ3v) is 4.65. The van der Waals surface area contributed by atoms with Crippen LogP contribution in [0.4, 0.5) is 4.79 Å². The molecule has 0 atom stereocenters. The Kier molecular flexibility index (Phi) is 5.77. The molecule has 1 saturated heterocycles. The first-order chi connectivity index (χ1) is 11.7. The van der Waals surface area contributed by atoms with Gasteiger partial charge in [-0.2, -0.15) is 5.26 Å². The van der Waals surface area contributed by atoms with Crippen LogP contribution >= 0.6 is 15.9 Å². The summed E-state index contributed by atoms with van der Waals surface area (Å²) in [5.41, 5.74) is 0.380. The van der Waals surface area contributed by atoms with Gasteiger partial charge in [-0.25, -0.2) is 4.79 Å². The van der Waals surface area contributed by atoms with Crippen molar-refractivity contribution in [2.45, 2.75) is 38.1 Å². The number of amides is 1. The van der Waals surface area contributed by atoms with Crippen LogP contribution in [0.25, 0.3) is 0 Å². The molecule has 1 heterocycles. The molecule has 1 aliphatic rings. The van der Waals surface area contributed by atoms with E-state index in [4.69, 9.17) is 14.2 Å². The Labute approximate surface area is 156 Å². The summed E-state index contributed by atoms with van der Waals surface area (Å²) in [6, 6.07) is 7.97. The van der Waals surface area contributed by atoms with E-state index in [1.54, 1.807) is 19.1 Å². The fourth-order valence-corrected chi connectivity index (χ4v) is 3.57. The molecule has 0 spiro atoms. The Balaban J connectivity index is 2.18. The van der Waals surface area contributed by atoms with Gasteiger partial charge >= 0.3 is 6.09 Å². The van der Waals surface area contributed by atoms with E-state index in [1.165, 1.54) is 0 Å². The molecule has 0 N–H and O–H groups in total. The topological polar surface area (TPSA) is 71.8 Å². The van der Waals surface area contributed by atoms with Crippen LogP contribution in [0.2, 0.25) is 0 Å².